The molecular formula is C14H21OSi. The zero-order chi connectivity index (χ0) is 11.8. The van der Waals surface area contributed by atoms with Crippen LogP contribution in [0.2, 0.25) is 0 Å². The maximum atomic E-state index is 5.79. The van der Waals surface area contributed by atoms with Crippen LogP contribution < -0.4 is 9.92 Å². The summed E-state index contributed by atoms with van der Waals surface area (Å²) in [4.78, 5) is 0. The first-order valence-electron chi connectivity index (χ1n) is 6.20. The summed E-state index contributed by atoms with van der Waals surface area (Å²) in [6, 6.07) is 8.04. The topological polar surface area (TPSA) is 9.23 Å². The van der Waals surface area contributed by atoms with E-state index in [0.29, 0.717) is 5.92 Å². The Morgan fingerprint density at radius 1 is 1.19 bits per heavy atom. The van der Waals surface area contributed by atoms with E-state index < -0.39 is 0 Å². The smallest absolute Gasteiger partial charge is 0.119 e. The standard InChI is InChI=1S/C14H21OSi/c1-3-5-6-12(4-2)11-15-13-7-9-14(16)10-8-13/h7-10,12H,3-6,11H2,1-2H3. The van der Waals surface area contributed by atoms with Crippen molar-refractivity contribution in [1.29, 1.82) is 0 Å². The van der Waals surface area contributed by atoms with Crippen LogP contribution in [0.4, 0.5) is 0 Å². The van der Waals surface area contributed by atoms with Crippen LogP contribution in [0.1, 0.15) is 39.5 Å². The Kier molecular flexibility index (Phi) is 6.24. The van der Waals surface area contributed by atoms with Gasteiger partial charge in [0, 0.05) is 0 Å². The van der Waals surface area contributed by atoms with E-state index in [2.05, 4.69) is 24.1 Å². The average molecular weight is 233 g/mol. The van der Waals surface area contributed by atoms with Crippen molar-refractivity contribution >= 4 is 15.4 Å². The lowest BCUT2D eigenvalue weighted by Crippen LogP contribution is -2.11. The largest absolute Gasteiger partial charge is 0.493 e. The van der Waals surface area contributed by atoms with Crippen molar-refractivity contribution in [3.63, 3.8) is 0 Å². The first-order valence-corrected chi connectivity index (χ1v) is 6.70. The van der Waals surface area contributed by atoms with Gasteiger partial charge in [-0.05, 0) is 24.5 Å². The quantitative estimate of drug-likeness (QED) is 0.658. The molecule has 1 rings (SSSR count). The SMILES string of the molecule is CCCCC(CC)COc1ccc([Si])cc1. The summed E-state index contributed by atoms with van der Waals surface area (Å²) in [5.74, 6) is 1.67. The number of benzene rings is 1. The summed E-state index contributed by atoms with van der Waals surface area (Å²) in [5, 5.41) is 1.09. The molecule has 1 unspecified atom stereocenters. The van der Waals surface area contributed by atoms with E-state index in [4.69, 9.17) is 4.74 Å². The fourth-order valence-corrected chi connectivity index (χ4v) is 1.83. The number of hydrogen-bond donors (Lipinski definition) is 0. The third-order valence-corrected chi connectivity index (χ3v) is 3.22. The third-order valence-electron chi connectivity index (χ3n) is 2.88. The molecule has 0 aliphatic carbocycles. The molecule has 0 fully saturated rings. The van der Waals surface area contributed by atoms with Crippen LogP contribution in [0.3, 0.4) is 0 Å². The van der Waals surface area contributed by atoms with Gasteiger partial charge in [-0.3, -0.25) is 0 Å². The summed E-state index contributed by atoms with van der Waals surface area (Å²) in [6.07, 6.45) is 5.07. The van der Waals surface area contributed by atoms with Crippen molar-refractivity contribution in [3.05, 3.63) is 24.3 Å². The number of unbranched alkanes of at least 4 members (excludes halogenated alkanes) is 1. The van der Waals surface area contributed by atoms with E-state index in [-0.39, 0.29) is 0 Å². The Balaban J connectivity index is 2.34. The van der Waals surface area contributed by atoms with Gasteiger partial charge in [0.25, 0.3) is 0 Å². The normalized spacial score (nSPS) is 12.4. The molecule has 1 aromatic carbocycles. The molecule has 1 nitrogen and oxygen atoms in total. The van der Waals surface area contributed by atoms with Crippen LogP contribution >= 0.6 is 0 Å². The lowest BCUT2D eigenvalue weighted by molar-refractivity contribution is 0.233. The molecule has 1 aromatic rings. The van der Waals surface area contributed by atoms with Gasteiger partial charge in [-0.15, -0.1) is 0 Å². The molecular weight excluding hydrogens is 212 g/mol. The first-order chi connectivity index (χ1) is 7.76. The highest BCUT2D eigenvalue weighted by Crippen LogP contribution is 2.15. The van der Waals surface area contributed by atoms with Gasteiger partial charge in [-0.25, -0.2) is 0 Å². The van der Waals surface area contributed by atoms with E-state index in [1.807, 2.05) is 24.3 Å². The molecule has 1 atom stereocenters. The maximum Gasteiger partial charge on any atom is 0.119 e. The zero-order valence-electron chi connectivity index (χ0n) is 10.3. The molecule has 0 aliphatic heterocycles. The second-order valence-corrected chi connectivity index (χ2v) is 4.83. The van der Waals surface area contributed by atoms with E-state index in [0.717, 1.165) is 17.5 Å². The maximum absolute atomic E-state index is 5.79. The molecule has 2 heteroatoms. The van der Waals surface area contributed by atoms with Gasteiger partial charge < -0.3 is 4.74 Å². The molecule has 0 saturated carbocycles. The van der Waals surface area contributed by atoms with Crippen molar-refractivity contribution in [2.24, 2.45) is 5.92 Å². The fraction of sp³-hybridized carbons (Fsp3) is 0.571. The molecule has 0 heterocycles. The van der Waals surface area contributed by atoms with E-state index >= 15 is 0 Å². The summed E-state index contributed by atoms with van der Waals surface area (Å²) in [5.41, 5.74) is 0. The van der Waals surface area contributed by atoms with Crippen LogP contribution in [-0.2, 0) is 0 Å². The predicted octanol–water partition coefficient (Wildman–Crippen LogP) is 3.08. The van der Waals surface area contributed by atoms with Crippen molar-refractivity contribution < 1.29 is 4.74 Å². The lowest BCUT2D eigenvalue weighted by Gasteiger charge is -2.15. The van der Waals surface area contributed by atoms with E-state index in [1.54, 1.807) is 0 Å². The van der Waals surface area contributed by atoms with Gasteiger partial charge in [0.2, 0.25) is 0 Å². The van der Waals surface area contributed by atoms with Gasteiger partial charge in [0.15, 0.2) is 0 Å². The first kappa shape index (κ1) is 13.3. The van der Waals surface area contributed by atoms with Crippen molar-refractivity contribution in [2.75, 3.05) is 6.61 Å². The minimum atomic E-state index is 0.697. The van der Waals surface area contributed by atoms with Crippen LogP contribution in [0.25, 0.3) is 0 Å². The Bertz CT molecular complexity index is 281. The van der Waals surface area contributed by atoms with Gasteiger partial charge in [-0.1, -0.05) is 50.4 Å². The highest BCUT2D eigenvalue weighted by atomic mass is 28.1. The zero-order valence-corrected chi connectivity index (χ0v) is 11.3. The summed E-state index contributed by atoms with van der Waals surface area (Å²) in [6.45, 7) is 5.32. The van der Waals surface area contributed by atoms with Crippen LogP contribution in [0, 0.1) is 5.92 Å². The molecule has 0 bridgehead atoms. The second-order valence-electron chi connectivity index (χ2n) is 4.25. The molecule has 0 amide bonds. The second kappa shape index (κ2) is 7.50. The molecule has 16 heavy (non-hydrogen) atoms. The van der Waals surface area contributed by atoms with Crippen LogP contribution in [0.5, 0.6) is 5.75 Å². The molecule has 87 valence electrons. The van der Waals surface area contributed by atoms with Gasteiger partial charge >= 0.3 is 0 Å². The molecule has 0 aliphatic rings. The average Bonchev–Trinajstić information content (AvgIpc) is 2.32. The minimum Gasteiger partial charge on any atom is -0.493 e. The highest BCUT2D eigenvalue weighted by molar-refractivity contribution is 6.32. The van der Waals surface area contributed by atoms with Crippen molar-refractivity contribution in [1.82, 2.24) is 0 Å². The Hall–Kier alpha value is -0.763. The third kappa shape index (κ3) is 4.84. The molecule has 0 aromatic heterocycles. The van der Waals surface area contributed by atoms with Crippen LogP contribution in [-0.4, -0.2) is 16.8 Å². The van der Waals surface area contributed by atoms with Crippen molar-refractivity contribution in [2.45, 2.75) is 39.5 Å². The van der Waals surface area contributed by atoms with Gasteiger partial charge in [-0.2, -0.15) is 0 Å². The van der Waals surface area contributed by atoms with Crippen LogP contribution in [0.15, 0.2) is 24.3 Å². The number of rotatable bonds is 7. The van der Waals surface area contributed by atoms with Gasteiger partial charge in [0.1, 0.15) is 5.75 Å². The summed E-state index contributed by atoms with van der Waals surface area (Å²) in [7, 11) is 3.47. The Morgan fingerprint density at radius 2 is 1.88 bits per heavy atom. The molecule has 0 spiro atoms. The fourth-order valence-electron chi connectivity index (χ4n) is 1.66. The molecule has 0 saturated heterocycles. The minimum absolute atomic E-state index is 0.697. The predicted molar refractivity (Wildman–Crippen MR) is 70.6 cm³/mol. The van der Waals surface area contributed by atoms with E-state index in [9.17, 15) is 0 Å². The molecule has 3 radical (unpaired) electrons. The number of hydrogen-bond acceptors (Lipinski definition) is 1. The number of ether oxygens (including phenoxy) is 1. The summed E-state index contributed by atoms with van der Waals surface area (Å²) >= 11 is 0. The Morgan fingerprint density at radius 3 is 2.44 bits per heavy atom. The molecule has 0 N–H and O–H groups in total. The monoisotopic (exact) mass is 233 g/mol. The summed E-state index contributed by atoms with van der Waals surface area (Å²) < 4.78 is 5.79. The highest BCUT2D eigenvalue weighted by Gasteiger charge is 2.06. The van der Waals surface area contributed by atoms with Crippen molar-refractivity contribution in [3.8, 4) is 5.75 Å². The van der Waals surface area contributed by atoms with E-state index in [1.165, 1.54) is 25.7 Å². The van der Waals surface area contributed by atoms with Gasteiger partial charge in [0.05, 0.1) is 16.8 Å². The Labute approximate surface area is 103 Å². The lowest BCUT2D eigenvalue weighted by atomic mass is 10.0.